The van der Waals surface area contributed by atoms with Gasteiger partial charge in [0.05, 0.1) is 12.2 Å². The van der Waals surface area contributed by atoms with E-state index in [2.05, 4.69) is 0 Å². The number of carbonyl (C=O) groups is 2. The molecule has 0 saturated carbocycles. The summed E-state index contributed by atoms with van der Waals surface area (Å²) in [7, 11) is 0. The highest BCUT2D eigenvalue weighted by Gasteiger charge is 2.25. The molecule has 1 unspecified atom stereocenters. The van der Waals surface area contributed by atoms with Gasteiger partial charge in [0, 0.05) is 12.2 Å². The quantitative estimate of drug-likeness (QED) is 0.920. The number of benzene rings is 1. The van der Waals surface area contributed by atoms with Crippen LogP contribution in [-0.2, 0) is 4.79 Å². The van der Waals surface area contributed by atoms with Crippen LogP contribution in [0.4, 0.5) is 5.69 Å². The summed E-state index contributed by atoms with van der Waals surface area (Å²) in [5.41, 5.74) is 2.69. The van der Waals surface area contributed by atoms with Crippen LogP contribution < -0.4 is 4.90 Å². The molecule has 0 aliphatic heterocycles. The third kappa shape index (κ3) is 3.55. The van der Waals surface area contributed by atoms with Gasteiger partial charge in [0.15, 0.2) is 5.76 Å². The largest absolute Gasteiger partial charge is 0.481 e. The predicted molar refractivity (Wildman–Crippen MR) is 83.1 cm³/mol. The molecule has 0 radical (unpaired) electrons. The fraction of sp³-hybridized carbons (Fsp3) is 0.294. The van der Waals surface area contributed by atoms with Crippen LogP contribution in [-0.4, -0.2) is 23.5 Å². The Bertz CT molecular complexity index is 656. The summed E-state index contributed by atoms with van der Waals surface area (Å²) < 4.78 is 5.16. The molecule has 5 nitrogen and oxygen atoms in total. The Morgan fingerprint density at radius 2 is 1.86 bits per heavy atom. The number of anilines is 1. The maximum absolute atomic E-state index is 12.6. The highest BCUT2D eigenvalue weighted by atomic mass is 16.4. The Morgan fingerprint density at radius 1 is 1.23 bits per heavy atom. The van der Waals surface area contributed by atoms with Crippen molar-refractivity contribution < 1.29 is 19.1 Å². The van der Waals surface area contributed by atoms with Crippen LogP contribution in [0.25, 0.3) is 0 Å². The van der Waals surface area contributed by atoms with Crippen molar-refractivity contribution in [3.8, 4) is 0 Å². The number of aryl methyl sites for hydroxylation is 2. The van der Waals surface area contributed by atoms with Crippen LogP contribution >= 0.6 is 0 Å². The SMILES string of the molecule is Cc1cc(C)cc(N(CC(C)C(=O)O)C(=O)c2ccco2)c1. The van der Waals surface area contributed by atoms with E-state index in [1.54, 1.807) is 19.1 Å². The maximum atomic E-state index is 12.6. The van der Waals surface area contributed by atoms with E-state index in [9.17, 15) is 9.59 Å². The van der Waals surface area contributed by atoms with Crippen molar-refractivity contribution in [2.24, 2.45) is 5.92 Å². The van der Waals surface area contributed by atoms with Gasteiger partial charge in [-0.25, -0.2) is 0 Å². The standard InChI is InChI=1S/C17H19NO4/c1-11-7-12(2)9-14(8-11)18(10-13(3)17(20)21)16(19)15-5-4-6-22-15/h4-9,13H,10H2,1-3H3,(H,20,21). The van der Waals surface area contributed by atoms with Gasteiger partial charge in [-0.05, 0) is 49.2 Å². The van der Waals surface area contributed by atoms with Crippen molar-refractivity contribution >= 4 is 17.6 Å². The van der Waals surface area contributed by atoms with E-state index in [1.807, 2.05) is 32.0 Å². The molecule has 0 aliphatic rings. The molecule has 2 rings (SSSR count). The van der Waals surface area contributed by atoms with Gasteiger partial charge in [0.1, 0.15) is 0 Å². The maximum Gasteiger partial charge on any atom is 0.308 e. The molecule has 0 bridgehead atoms. The summed E-state index contributed by atoms with van der Waals surface area (Å²) in [6.07, 6.45) is 1.42. The van der Waals surface area contributed by atoms with E-state index in [0.29, 0.717) is 5.69 Å². The van der Waals surface area contributed by atoms with Gasteiger partial charge in [-0.3, -0.25) is 9.59 Å². The first-order valence-corrected chi connectivity index (χ1v) is 7.05. The third-order valence-electron chi connectivity index (χ3n) is 3.37. The number of nitrogens with zero attached hydrogens (tertiary/aromatic N) is 1. The minimum Gasteiger partial charge on any atom is -0.481 e. The number of hydrogen-bond acceptors (Lipinski definition) is 3. The van der Waals surface area contributed by atoms with Gasteiger partial charge >= 0.3 is 5.97 Å². The second-order valence-electron chi connectivity index (χ2n) is 5.48. The van der Waals surface area contributed by atoms with Gasteiger partial charge in [-0.2, -0.15) is 0 Å². The topological polar surface area (TPSA) is 70.8 Å². The summed E-state index contributed by atoms with van der Waals surface area (Å²) in [5.74, 6) is -1.78. The summed E-state index contributed by atoms with van der Waals surface area (Å²) in [4.78, 5) is 25.2. The van der Waals surface area contributed by atoms with Crippen LogP contribution in [0.5, 0.6) is 0 Å². The average molecular weight is 301 g/mol. The molecule has 1 amide bonds. The highest BCUT2D eigenvalue weighted by Crippen LogP contribution is 2.22. The molecule has 22 heavy (non-hydrogen) atoms. The van der Waals surface area contributed by atoms with Crippen LogP contribution in [0.1, 0.15) is 28.6 Å². The monoisotopic (exact) mass is 301 g/mol. The molecule has 0 aliphatic carbocycles. The molecule has 2 aromatic rings. The molecule has 1 aromatic heterocycles. The van der Waals surface area contributed by atoms with Crippen molar-refractivity contribution in [3.05, 3.63) is 53.5 Å². The minimum atomic E-state index is -0.943. The molecule has 0 fully saturated rings. The van der Waals surface area contributed by atoms with Gasteiger partial charge < -0.3 is 14.4 Å². The van der Waals surface area contributed by atoms with E-state index in [0.717, 1.165) is 11.1 Å². The summed E-state index contributed by atoms with van der Waals surface area (Å²) in [6, 6.07) is 8.93. The van der Waals surface area contributed by atoms with E-state index in [1.165, 1.54) is 11.2 Å². The molecule has 1 heterocycles. The smallest absolute Gasteiger partial charge is 0.308 e. The second kappa shape index (κ2) is 6.47. The zero-order valence-corrected chi connectivity index (χ0v) is 12.9. The van der Waals surface area contributed by atoms with Crippen LogP contribution in [0, 0.1) is 19.8 Å². The molecular weight excluding hydrogens is 282 g/mol. The number of carbonyl (C=O) groups excluding carboxylic acids is 1. The fourth-order valence-corrected chi connectivity index (χ4v) is 2.30. The van der Waals surface area contributed by atoms with E-state index < -0.39 is 11.9 Å². The molecule has 1 N–H and O–H groups in total. The number of amides is 1. The van der Waals surface area contributed by atoms with Crippen molar-refractivity contribution in [2.45, 2.75) is 20.8 Å². The molecule has 116 valence electrons. The van der Waals surface area contributed by atoms with Crippen molar-refractivity contribution in [1.29, 1.82) is 0 Å². The number of rotatable bonds is 5. The minimum absolute atomic E-state index is 0.0811. The third-order valence-corrected chi connectivity index (χ3v) is 3.37. The van der Waals surface area contributed by atoms with Crippen LogP contribution in [0.2, 0.25) is 0 Å². The van der Waals surface area contributed by atoms with Crippen molar-refractivity contribution in [2.75, 3.05) is 11.4 Å². The number of aliphatic carboxylic acids is 1. The Balaban J connectivity index is 2.40. The lowest BCUT2D eigenvalue weighted by Gasteiger charge is -2.24. The molecule has 0 spiro atoms. The fourth-order valence-electron chi connectivity index (χ4n) is 2.30. The molecule has 1 aromatic carbocycles. The zero-order valence-electron chi connectivity index (χ0n) is 12.9. The van der Waals surface area contributed by atoms with Gasteiger partial charge in [0.25, 0.3) is 5.91 Å². The first kappa shape index (κ1) is 15.8. The van der Waals surface area contributed by atoms with E-state index in [4.69, 9.17) is 9.52 Å². The first-order chi connectivity index (χ1) is 10.4. The Morgan fingerprint density at radius 3 is 2.36 bits per heavy atom. The second-order valence-corrected chi connectivity index (χ2v) is 5.48. The van der Waals surface area contributed by atoms with Crippen LogP contribution in [0.15, 0.2) is 41.0 Å². The Kier molecular flexibility index (Phi) is 4.65. The predicted octanol–water partition coefficient (Wildman–Crippen LogP) is 3.26. The van der Waals surface area contributed by atoms with Gasteiger partial charge in [0.2, 0.25) is 0 Å². The molecular formula is C17H19NO4. The van der Waals surface area contributed by atoms with Gasteiger partial charge in [-0.15, -0.1) is 0 Å². The average Bonchev–Trinajstić information content (AvgIpc) is 2.96. The lowest BCUT2D eigenvalue weighted by molar-refractivity contribution is -0.140. The lowest BCUT2D eigenvalue weighted by atomic mass is 10.1. The summed E-state index contributed by atoms with van der Waals surface area (Å²) in [6.45, 7) is 5.53. The van der Waals surface area contributed by atoms with Crippen molar-refractivity contribution in [1.82, 2.24) is 0 Å². The summed E-state index contributed by atoms with van der Waals surface area (Å²) in [5, 5.41) is 9.14. The van der Waals surface area contributed by atoms with Crippen LogP contribution in [0.3, 0.4) is 0 Å². The number of carboxylic acids is 1. The zero-order chi connectivity index (χ0) is 16.3. The number of carboxylic acid groups (broad SMARTS) is 1. The molecule has 5 heteroatoms. The number of furan rings is 1. The summed E-state index contributed by atoms with van der Waals surface area (Å²) >= 11 is 0. The highest BCUT2D eigenvalue weighted by molar-refractivity contribution is 6.04. The Hall–Kier alpha value is -2.56. The van der Waals surface area contributed by atoms with E-state index in [-0.39, 0.29) is 18.2 Å². The normalized spacial score (nSPS) is 12.0. The van der Waals surface area contributed by atoms with Gasteiger partial charge in [-0.1, -0.05) is 13.0 Å². The lowest BCUT2D eigenvalue weighted by Crippen LogP contribution is -2.37. The van der Waals surface area contributed by atoms with Crippen molar-refractivity contribution in [3.63, 3.8) is 0 Å². The first-order valence-electron chi connectivity index (χ1n) is 7.05. The number of hydrogen-bond donors (Lipinski definition) is 1. The molecule has 1 atom stereocenters. The van der Waals surface area contributed by atoms with E-state index >= 15 is 0 Å². The Labute approximate surface area is 129 Å². The molecule has 0 saturated heterocycles.